The molecule has 1 atom stereocenters. The lowest BCUT2D eigenvalue weighted by Gasteiger charge is -2.25. The number of hydrogen-bond acceptors (Lipinski definition) is 2. The molecule has 2 fully saturated rings. The first-order valence-electron chi connectivity index (χ1n) is 8.14. The van der Waals surface area contributed by atoms with Gasteiger partial charge < -0.3 is 15.7 Å². The molecule has 0 radical (unpaired) electrons. The number of carbonyl (C=O) groups is 1. The van der Waals surface area contributed by atoms with Crippen LogP contribution in [-0.2, 0) is 0 Å². The minimum Gasteiger partial charge on any atom is -0.388 e. The second-order valence-electron chi connectivity index (χ2n) is 7.46. The summed E-state index contributed by atoms with van der Waals surface area (Å²) in [6.07, 6.45) is 6.73. The van der Waals surface area contributed by atoms with Crippen LogP contribution in [0.2, 0.25) is 0 Å². The molecule has 20 heavy (non-hydrogen) atoms. The molecule has 0 aliphatic heterocycles. The van der Waals surface area contributed by atoms with Crippen LogP contribution in [-0.4, -0.2) is 29.3 Å². The summed E-state index contributed by atoms with van der Waals surface area (Å²) in [5.74, 6) is 1.98. The molecule has 4 heteroatoms. The Morgan fingerprint density at radius 1 is 1.25 bits per heavy atom. The molecule has 3 N–H and O–H groups in total. The van der Waals surface area contributed by atoms with Gasteiger partial charge in [-0.15, -0.1) is 0 Å². The molecule has 116 valence electrons. The maximum absolute atomic E-state index is 12.0. The van der Waals surface area contributed by atoms with Gasteiger partial charge in [0, 0.05) is 12.6 Å². The largest absolute Gasteiger partial charge is 0.388 e. The minimum absolute atomic E-state index is 0.112. The SMILES string of the molecule is CC(C)CCC(C)(O)CNC(=O)NC(C1CC1)C1CC1. The predicted octanol–water partition coefficient (Wildman–Crippen LogP) is 2.66. The topological polar surface area (TPSA) is 61.4 Å². The molecule has 2 rings (SSSR count). The molecule has 0 aromatic heterocycles. The number of nitrogens with one attached hydrogen (secondary N) is 2. The van der Waals surface area contributed by atoms with Crippen LogP contribution in [0.4, 0.5) is 4.79 Å². The lowest BCUT2D eigenvalue weighted by atomic mass is 9.95. The first kappa shape index (κ1) is 15.6. The Morgan fingerprint density at radius 3 is 2.25 bits per heavy atom. The molecule has 0 spiro atoms. The predicted molar refractivity (Wildman–Crippen MR) is 80.5 cm³/mol. The van der Waals surface area contributed by atoms with E-state index < -0.39 is 5.60 Å². The van der Waals surface area contributed by atoms with E-state index in [2.05, 4.69) is 24.5 Å². The van der Waals surface area contributed by atoms with Gasteiger partial charge in [0.05, 0.1) is 5.60 Å². The zero-order chi connectivity index (χ0) is 14.8. The van der Waals surface area contributed by atoms with Gasteiger partial charge in [-0.3, -0.25) is 0 Å². The normalized spacial score (nSPS) is 21.9. The first-order valence-corrected chi connectivity index (χ1v) is 8.14. The van der Waals surface area contributed by atoms with Crippen molar-refractivity contribution < 1.29 is 9.90 Å². The molecule has 4 nitrogen and oxygen atoms in total. The Morgan fingerprint density at radius 2 is 1.80 bits per heavy atom. The van der Waals surface area contributed by atoms with Gasteiger partial charge in [0.15, 0.2) is 0 Å². The van der Waals surface area contributed by atoms with Crippen molar-refractivity contribution in [3.63, 3.8) is 0 Å². The fourth-order valence-corrected chi connectivity index (χ4v) is 2.69. The third-order valence-corrected chi connectivity index (χ3v) is 4.45. The van der Waals surface area contributed by atoms with Crippen molar-refractivity contribution in [1.29, 1.82) is 0 Å². The van der Waals surface area contributed by atoms with E-state index in [0.717, 1.165) is 12.8 Å². The molecule has 0 aromatic rings. The highest BCUT2D eigenvalue weighted by Crippen LogP contribution is 2.44. The van der Waals surface area contributed by atoms with Gasteiger partial charge in [0.25, 0.3) is 0 Å². The maximum Gasteiger partial charge on any atom is 0.315 e. The molecule has 0 saturated heterocycles. The van der Waals surface area contributed by atoms with E-state index in [1.807, 2.05) is 0 Å². The van der Waals surface area contributed by atoms with Gasteiger partial charge in [-0.1, -0.05) is 13.8 Å². The number of amides is 2. The number of hydrogen-bond donors (Lipinski definition) is 3. The molecule has 2 aliphatic carbocycles. The zero-order valence-electron chi connectivity index (χ0n) is 13.1. The van der Waals surface area contributed by atoms with Gasteiger partial charge >= 0.3 is 6.03 Å². The lowest BCUT2D eigenvalue weighted by molar-refractivity contribution is 0.0475. The smallest absolute Gasteiger partial charge is 0.315 e. The van der Waals surface area contributed by atoms with Gasteiger partial charge in [-0.25, -0.2) is 4.79 Å². The Labute approximate surface area is 122 Å². The summed E-state index contributed by atoms with van der Waals surface area (Å²) in [5.41, 5.74) is -0.809. The van der Waals surface area contributed by atoms with Gasteiger partial charge in [0.2, 0.25) is 0 Å². The molecular weight excluding hydrogens is 252 g/mol. The fourth-order valence-electron chi connectivity index (χ4n) is 2.69. The van der Waals surface area contributed by atoms with E-state index in [1.54, 1.807) is 6.92 Å². The van der Waals surface area contributed by atoms with Crippen LogP contribution in [0.25, 0.3) is 0 Å². The van der Waals surface area contributed by atoms with Crippen molar-refractivity contribution in [3.05, 3.63) is 0 Å². The van der Waals surface area contributed by atoms with Crippen LogP contribution in [0.3, 0.4) is 0 Å². The summed E-state index contributed by atoms with van der Waals surface area (Å²) in [6, 6.07) is 0.259. The quantitative estimate of drug-likeness (QED) is 0.641. The van der Waals surface area contributed by atoms with Crippen LogP contribution in [0.5, 0.6) is 0 Å². The lowest BCUT2D eigenvalue weighted by Crippen LogP contribution is -2.49. The van der Waals surface area contributed by atoms with Crippen LogP contribution < -0.4 is 10.6 Å². The van der Waals surface area contributed by atoms with E-state index in [4.69, 9.17) is 0 Å². The third-order valence-electron chi connectivity index (χ3n) is 4.45. The summed E-state index contributed by atoms with van der Waals surface area (Å²) in [4.78, 5) is 12.0. The number of urea groups is 1. The van der Waals surface area contributed by atoms with Gasteiger partial charge in [-0.2, -0.15) is 0 Å². The highest BCUT2D eigenvalue weighted by molar-refractivity contribution is 5.74. The molecule has 2 amide bonds. The average Bonchev–Trinajstić information content (AvgIpc) is 3.24. The Hall–Kier alpha value is -0.770. The van der Waals surface area contributed by atoms with Crippen molar-refractivity contribution in [2.24, 2.45) is 17.8 Å². The summed E-state index contributed by atoms with van der Waals surface area (Å²) in [7, 11) is 0. The molecule has 2 saturated carbocycles. The highest BCUT2D eigenvalue weighted by Gasteiger charge is 2.42. The standard InChI is InChI=1S/C16H30N2O2/c1-11(2)8-9-16(3,20)10-17-15(19)18-14(12-4-5-12)13-6-7-13/h11-14,20H,4-10H2,1-3H3,(H2,17,18,19). The Kier molecular flexibility index (Phi) is 4.95. The van der Waals surface area contributed by atoms with Crippen LogP contribution in [0.1, 0.15) is 59.3 Å². The zero-order valence-corrected chi connectivity index (χ0v) is 13.1. The molecule has 0 heterocycles. The van der Waals surface area contributed by atoms with E-state index in [0.29, 0.717) is 30.3 Å². The number of aliphatic hydroxyl groups is 1. The van der Waals surface area contributed by atoms with Crippen molar-refractivity contribution >= 4 is 6.03 Å². The Balaban J connectivity index is 1.68. The van der Waals surface area contributed by atoms with E-state index in [-0.39, 0.29) is 6.03 Å². The van der Waals surface area contributed by atoms with E-state index in [1.165, 1.54) is 25.7 Å². The van der Waals surface area contributed by atoms with E-state index in [9.17, 15) is 9.90 Å². The van der Waals surface area contributed by atoms with Crippen molar-refractivity contribution in [2.45, 2.75) is 70.9 Å². The second kappa shape index (κ2) is 6.33. The molecule has 0 bridgehead atoms. The number of rotatable bonds is 8. The number of carbonyl (C=O) groups excluding carboxylic acids is 1. The van der Waals surface area contributed by atoms with Crippen LogP contribution in [0, 0.1) is 17.8 Å². The van der Waals surface area contributed by atoms with Crippen molar-refractivity contribution in [3.8, 4) is 0 Å². The molecule has 2 aliphatic rings. The molecule has 0 aromatic carbocycles. The molecule has 1 unspecified atom stereocenters. The third kappa shape index (κ3) is 5.31. The second-order valence-corrected chi connectivity index (χ2v) is 7.46. The Bertz CT molecular complexity index is 321. The van der Waals surface area contributed by atoms with Gasteiger partial charge in [-0.05, 0) is 63.2 Å². The summed E-state index contributed by atoms with van der Waals surface area (Å²) >= 11 is 0. The molecular formula is C16H30N2O2. The first-order chi connectivity index (χ1) is 9.37. The summed E-state index contributed by atoms with van der Waals surface area (Å²) in [6.45, 7) is 6.42. The van der Waals surface area contributed by atoms with Crippen LogP contribution >= 0.6 is 0 Å². The average molecular weight is 282 g/mol. The van der Waals surface area contributed by atoms with E-state index >= 15 is 0 Å². The fraction of sp³-hybridized carbons (Fsp3) is 0.938. The highest BCUT2D eigenvalue weighted by atomic mass is 16.3. The van der Waals surface area contributed by atoms with Crippen molar-refractivity contribution in [2.75, 3.05) is 6.54 Å². The maximum atomic E-state index is 12.0. The monoisotopic (exact) mass is 282 g/mol. The summed E-state index contributed by atoms with van der Waals surface area (Å²) in [5, 5.41) is 16.2. The van der Waals surface area contributed by atoms with Crippen molar-refractivity contribution in [1.82, 2.24) is 10.6 Å². The van der Waals surface area contributed by atoms with Crippen LogP contribution in [0.15, 0.2) is 0 Å². The van der Waals surface area contributed by atoms with Gasteiger partial charge in [0.1, 0.15) is 0 Å². The minimum atomic E-state index is -0.809. The summed E-state index contributed by atoms with van der Waals surface area (Å²) < 4.78 is 0.